The van der Waals surface area contributed by atoms with Crippen molar-refractivity contribution in [3.8, 4) is 6.07 Å². The van der Waals surface area contributed by atoms with Gasteiger partial charge in [0.1, 0.15) is 11.6 Å². The molecule has 0 aromatic heterocycles. The fourth-order valence-corrected chi connectivity index (χ4v) is 2.99. The summed E-state index contributed by atoms with van der Waals surface area (Å²) in [7, 11) is 0. The summed E-state index contributed by atoms with van der Waals surface area (Å²) in [5, 5.41) is 9.31. The molecule has 1 fully saturated rings. The van der Waals surface area contributed by atoms with E-state index in [-0.39, 0.29) is 21.8 Å². The Balaban J connectivity index is 2.38. The molecule has 2 rings (SSSR count). The third-order valence-corrected chi connectivity index (χ3v) is 4.63. The van der Waals surface area contributed by atoms with Gasteiger partial charge in [0.15, 0.2) is 0 Å². The lowest BCUT2D eigenvalue weighted by molar-refractivity contribution is 0.170. The topological polar surface area (TPSA) is 27.0 Å². The summed E-state index contributed by atoms with van der Waals surface area (Å²) < 4.78 is 27.4. The van der Waals surface area contributed by atoms with Crippen molar-refractivity contribution in [2.75, 3.05) is 13.1 Å². The van der Waals surface area contributed by atoms with Crippen molar-refractivity contribution in [2.45, 2.75) is 32.2 Å². The van der Waals surface area contributed by atoms with Crippen molar-refractivity contribution in [2.24, 2.45) is 5.92 Å². The Morgan fingerprint density at radius 2 is 1.95 bits per heavy atom. The van der Waals surface area contributed by atoms with Crippen LogP contribution in [0.1, 0.15) is 32.3 Å². The molecule has 0 saturated carbocycles. The molecule has 0 N–H and O–H groups in total. The lowest BCUT2D eigenvalue weighted by atomic mass is 9.89. The first-order valence-corrected chi connectivity index (χ1v) is 7.33. The number of halogens is 3. The molecule has 1 aromatic rings. The van der Waals surface area contributed by atoms with Gasteiger partial charge in [-0.05, 0) is 48.3 Å². The molecular formula is C15H17BrF2N2. The zero-order chi connectivity index (χ0) is 15.1. The number of likely N-dealkylation sites (tertiary alicyclic amines) is 1. The number of nitrogens with zero attached hydrogens (tertiary/aromatic N) is 2. The molecule has 0 radical (unpaired) electrons. The lowest BCUT2D eigenvalue weighted by Crippen LogP contribution is -2.39. The van der Waals surface area contributed by atoms with Crippen LogP contribution in [0.3, 0.4) is 0 Å². The van der Waals surface area contributed by atoms with E-state index in [4.69, 9.17) is 0 Å². The van der Waals surface area contributed by atoms with Crippen molar-refractivity contribution >= 4 is 15.9 Å². The van der Waals surface area contributed by atoms with Gasteiger partial charge in [-0.1, -0.05) is 6.07 Å². The minimum absolute atomic E-state index is 0.0718. The van der Waals surface area contributed by atoms with E-state index in [2.05, 4.69) is 47.7 Å². The van der Waals surface area contributed by atoms with Gasteiger partial charge in [-0.15, -0.1) is 0 Å². The van der Waals surface area contributed by atoms with Crippen LogP contribution in [0.4, 0.5) is 8.78 Å². The van der Waals surface area contributed by atoms with Gasteiger partial charge in [0, 0.05) is 24.5 Å². The fourth-order valence-electron chi connectivity index (χ4n) is 2.62. The smallest absolute Gasteiger partial charge is 0.143 e. The van der Waals surface area contributed by atoms with Crippen LogP contribution in [0.2, 0.25) is 0 Å². The maximum atomic E-state index is 14.2. The third kappa shape index (κ3) is 2.72. The van der Waals surface area contributed by atoms with Gasteiger partial charge in [-0.3, -0.25) is 4.90 Å². The normalized spacial score (nSPS) is 23.9. The largest absolute Gasteiger partial charge is 0.297 e. The predicted molar refractivity (Wildman–Crippen MR) is 77.2 cm³/mol. The molecule has 0 bridgehead atoms. The van der Waals surface area contributed by atoms with Crippen LogP contribution in [-0.4, -0.2) is 23.5 Å². The second-order valence-electron chi connectivity index (χ2n) is 6.18. The van der Waals surface area contributed by atoms with Crippen LogP contribution >= 0.6 is 15.9 Å². The van der Waals surface area contributed by atoms with Gasteiger partial charge in [0.2, 0.25) is 0 Å². The van der Waals surface area contributed by atoms with Crippen LogP contribution in [0.25, 0.3) is 0 Å². The summed E-state index contributed by atoms with van der Waals surface area (Å²) >= 11 is 2.93. The minimum atomic E-state index is -0.620. The number of nitriles is 1. The molecule has 0 spiro atoms. The second kappa shape index (κ2) is 5.42. The number of hydrogen-bond acceptors (Lipinski definition) is 2. The van der Waals surface area contributed by atoms with E-state index in [1.165, 1.54) is 12.1 Å². The van der Waals surface area contributed by atoms with Crippen LogP contribution < -0.4 is 0 Å². The van der Waals surface area contributed by atoms with Crippen molar-refractivity contribution in [3.05, 3.63) is 33.8 Å². The molecule has 0 aliphatic carbocycles. The van der Waals surface area contributed by atoms with Crippen molar-refractivity contribution in [3.63, 3.8) is 0 Å². The molecule has 20 heavy (non-hydrogen) atoms. The molecule has 1 aliphatic heterocycles. The molecule has 1 saturated heterocycles. The quantitative estimate of drug-likeness (QED) is 0.719. The van der Waals surface area contributed by atoms with Crippen molar-refractivity contribution in [1.29, 1.82) is 5.26 Å². The Bertz CT molecular complexity index is 560. The average Bonchev–Trinajstić information content (AvgIpc) is 2.80. The van der Waals surface area contributed by atoms with Gasteiger partial charge >= 0.3 is 0 Å². The summed E-state index contributed by atoms with van der Waals surface area (Å²) in [6, 6.07) is 4.96. The Morgan fingerprint density at radius 1 is 1.30 bits per heavy atom. The van der Waals surface area contributed by atoms with E-state index >= 15 is 0 Å². The van der Waals surface area contributed by atoms with Gasteiger partial charge in [0.25, 0.3) is 0 Å². The first kappa shape index (κ1) is 15.4. The van der Waals surface area contributed by atoms with E-state index in [0.717, 1.165) is 0 Å². The molecule has 1 aliphatic rings. The molecule has 0 unspecified atom stereocenters. The maximum absolute atomic E-state index is 14.2. The summed E-state index contributed by atoms with van der Waals surface area (Å²) in [6.45, 7) is 7.43. The predicted octanol–water partition coefficient (Wildman–Crippen LogP) is 4.06. The molecule has 5 heteroatoms. The van der Waals surface area contributed by atoms with Crippen LogP contribution in [0.15, 0.2) is 16.6 Å². The second-order valence-corrected chi connectivity index (χ2v) is 6.98. The minimum Gasteiger partial charge on any atom is -0.297 e. The summed E-state index contributed by atoms with van der Waals surface area (Å²) in [5.41, 5.74) is 0.342. The van der Waals surface area contributed by atoms with Crippen LogP contribution in [-0.2, 0) is 0 Å². The summed E-state index contributed by atoms with van der Waals surface area (Å²) in [6.07, 6.45) is 0. The average molecular weight is 343 g/mol. The third-order valence-electron chi connectivity index (χ3n) is 3.90. The molecule has 108 valence electrons. The van der Waals surface area contributed by atoms with Crippen molar-refractivity contribution < 1.29 is 8.78 Å². The highest BCUT2D eigenvalue weighted by atomic mass is 79.9. The van der Waals surface area contributed by atoms with Crippen LogP contribution in [0, 0.1) is 28.9 Å². The van der Waals surface area contributed by atoms with E-state index in [1.54, 1.807) is 0 Å². The molecule has 1 heterocycles. The molecular weight excluding hydrogens is 326 g/mol. The SMILES string of the molecule is CC(C)(C)N1C[C@H](c2ccc(F)c(Br)c2F)[C@@H](C#N)C1. The number of rotatable bonds is 1. The molecule has 0 amide bonds. The van der Waals surface area contributed by atoms with Gasteiger partial charge in [0.05, 0.1) is 16.5 Å². The highest BCUT2D eigenvalue weighted by Crippen LogP contribution is 2.38. The van der Waals surface area contributed by atoms with Gasteiger partial charge < -0.3 is 0 Å². The van der Waals surface area contributed by atoms with E-state index in [1.807, 2.05) is 0 Å². The highest BCUT2D eigenvalue weighted by Gasteiger charge is 2.39. The van der Waals surface area contributed by atoms with E-state index < -0.39 is 11.6 Å². The standard InChI is InChI=1S/C15H17BrF2N2/c1-15(2,3)20-7-9(6-19)11(8-20)10-4-5-12(17)13(16)14(10)18/h4-5,9,11H,7-8H2,1-3H3/t9-,11-/m0/s1. The first-order chi connectivity index (χ1) is 9.25. The Kier molecular flexibility index (Phi) is 4.17. The number of hydrogen-bond donors (Lipinski definition) is 0. The van der Waals surface area contributed by atoms with Gasteiger partial charge in [-0.2, -0.15) is 5.26 Å². The van der Waals surface area contributed by atoms with E-state index in [0.29, 0.717) is 18.7 Å². The first-order valence-electron chi connectivity index (χ1n) is 6.53. The zero-order valence-corrected chi connectivity index (χ0v) is 13.3. The molecule has 2 nitrogen and oxygen atoms in total. The Hall–Kier alpha value is -0.990. The Labute approximate surface area is 126 Å². The summed E-state index contributed by atoms with van der Waals surface area (Å²) in [5.74, 6) is -1.71. The summed E-state index contributed by atoms with van der Waals surface area (Å²) in [4.78, 5) is 2.17. The lowest BCUT2D eigenvalue weighted by Gasteiger charge is -2.31. The van der Waals surface area contributed by atoms with Gasteiger partial charge in [-0.25, -0.2) is 8.78 Å². The molecule has 2 atom stereocenters. The zero-order valence-electron chi connectivity index (χ0n) is 11.8. The monoisotopic (exact) mass is 342 g/mol. The molecule has 1 aromatic carbocycles. The fraction of sp³-hybridized carbons (Fsp3) is 0.533. The highest BCUT2D eigenvalue weighted by molar-refractivity contribution is 9.10. The van der Waals surface area contributed by atoms with Crippen LogP contribution in [0.5, 0.6) is 0 Å². The van der Waals surface area contributed by atoms with Crippen molar-refractivity contribution in [1.82, 2.24) is 4.90 Å². The Morgan fingerprint density at radius 3 is 2.50 bits per heavy atom. The van der Waals surface area contributed by atoms with E-state index in [9.17, 15) is 14.0 Å². The number of benzene rings is 1. The maximum Gasteiger partial charge on any atom is 0.143 e.